The molecule has 0 radical (unpaired) electrons. The molecule has 2 aliphatic carbocycles. The molecule has 5 nitrogen and oxygen atoms in total. The molecule has 0 aromatic rings. The molecule has 1 saturated heterocycles. The maximum atomic E-state index is 11.9. The van der Waals surface area contributed by atoms with Crippen LogP contribution in [0.3, 0.4) is 0 Å². The van der Waals surface area contributed by atoms with Crippen molar-refractivity contribution < 1.29 is 23.8 Å². The van der Waals surface area contributed by atoms with Gasteiger partial charge in [0.25, 0.3) is 0 Å². The number of halogens is 1. The van der Waals surface area contributed by atoms with Gasteiger partial charge in [-0.1, -0.05) is 29.5 Å². The van der Waals surface area contributed by atoms with Crippen LogP contribution < -0.4 is 0 Å². The second kappa shape index (κ2) is 5.44. The molecule has 3 rings (SSSR count). The van der Waals surface area contributed by atoms with Gasteiger partial charge in [-0.15, -0.1) is 0 Å². The highest BCUT2D eigenvalue weighted by atomic mass is 127. The maximum absolute atomic E-state index is 11.9. The van der Waals surface area contributed by atoms with Crippen LogP contribution in [0.15, 0.2) is 0 Å². The van der Waals surface area contributed by atoms with E-state index in [-0.39, 0.29) is 51.7 Å². The summed E-state index contributed by atoms with van der Waals surface area (Å²) in [4.78, 5) is 23.7. The molecule has 0 spiro atoms. The molecule has 0 aromatic heterocycles. The fourth-order valence-electron chi connectivity index (χ4n) is 4.17. The highest BCUT2D eigenvalue weighted by Gasteiger charge is 2.64. The Morgan fingerprint density at radius 3 is 2.80 bits per heavy atom. The Bertz CT molecular complexity index is 424. The summed E-state index contributed by atoms with van der Waals surface area (Å²) in [5.74, 6) is 0.218. The minimum absolute atomic E-state index is 0.0524. The van der Waals surface area contributed by atoms with E-state index in [0.29, 0.717) is 13.0 Å². The molecule has 1 heterocycles. The second-order valence-corrected chi connectivity index (χ2v) is 8.15. The molecule has 2 bridgehead atoms. The van der Waals surface area contributed by atoms with Gasteiger partial charge < -0.3 is 14.2 Å². The Morgan fingerprint density at radius 1 is 1.40 bits per heavy atom. The largest absolute Gasteiger partial charge is 0.465 e. The molecule has 6 heteroatoms. The summed E-state index contributed by atoms with van der Waals surface area (Å²) in [7, 11) is 1.63. The van der Waals surface area contributed by atoms with E-state index in [1.165, 1.54) is 0 Å². The van der Waals surface area contributed by atoms with Crippen molar-refractivity contribution in [3.8, 4) is 0 Å². The molecular weight excluding hydrogens is 375 g/mol. The van der Waals surface area contributed by atoms with Crippen LogP contribution in [0.25, 0.3) is 0 Å². The number of hydrogen-bond acceptors (Lipinski definition) is 5. The van der Waals surface area contributed by atoms with Crippen LogP contribution in [-0.4, -0.2) is 41.8 Å². The fourth-order valence-corrected chi connectivity index (χ4v) is 4.53. The monoisotopic (exact) mass is 394 g/mol. The summed E-state index contributed by atoms with van der Waals surface area (Å²) in [6, 6.07) is 0. The minimum Gasteiger partial charge on any atom is -0.465 e. The number of rotatable bonds is 4. The van der Waals surface area contributed by atoms with Gasteiger partial charge in [-0.2, -0.15) is 0 Å². The summed E-state index contributed by atoms with van der Waals surface area (Å²) < 4.78 is 16.6. The van der Waals surface area contributed by atoms with Crippen LogP contribution in [-0.2, 0) is 23.8 Å². The molecular formula is C14H19IO5. The van der Waals surface area contributed by atoms with Gasteiger partial charge in [-0.05, 0) is 6.42 Å². The van der Waals surface area contributed by atoms with Crippen molar-refractivity contribution in [3.05, 3.63) is 0 Å². The Labute approximate surface area is 131 Å². The molecule has 2 saturated carbocycles. The van der Waals surface area contributed by atoms with Gasteiger partial charge in [0.15, 0.2) is 0 Å². The van der Waals surface area contributed by atoms with E-state index in [1.807, 2.05) is 6.92 Å². The van der Waals surface area contributed by atoms with Crippen LogP contribution in [0.1, 0.15) is 19.8 Å². The Kier molecular flexibility index (Phi) is 3.96. The lowest BCUT2D eigenvalue weighted by atomic mass is 9.78. The van der Waals surface area contributed by atoms with Gasteiger partial charge in [0.05, 0.1) is 25.0 Å². The Hall–Kier alpha value is -0.370. The fraction of sp³-hybridized carbons (Fsp3) is 0.857. The first-order valence-corrected chi connectivity index (χ1v) is 8.30. The summed E-state index contributed by atoms with van der Waals surface area (Å²) in [6.45, 7) is 2.45. The lowest BCUT2D eigenvalue weighted by molar-refractivity contribution is -0.164. The summed E-state index contributed by atoms with van der Waals surface area (Å²) in [5, 5.41) is 0. The SMILES string of the molecule is COC1C2CC(C3COC(=O)C32)C1OC(=O)CC(C)I. The number of carbonyl (C=O) groups is 2. The van der Waals surface area contributed by atoms with Gasteiger partial charge in [0.2, 0.25) is 0 Å². The number of hydrogen-bond donors (Lipinski definition) is 0. The Morgan fingerprint density at radius 2 is 2.15 bits per heavy atom. The minimum atomic E-state index is -0.219. The van der Waals surface area contributed by atoms with Crippen molar-refractivity contribution in [1.82, 2.24) is 0 Å². The third kappa shape index (κ3) is 2.24. The molecule has 7 atom stereocenters. The predicted octanol–water partition coefficient (Wildman–Crippen LogP) is 1.57. The van der Waals surface area contributed by atoms with Crippen LogP contribution in [0.4, 0.5) is 0 Å². The first-order valence-electron chi connectivity index (χ1n) is 7.06. The van der Waals surface area contributed by atoms with Crippen molar-refractivity contribution in [2.24, 2.45) is 23.7 Å². The van der Waals surface area contributed by atoms with E-state index < -0.39 is 0 Å². The second-order valence-electron chi connectivity index (χ2n) is 6.02. The molecule has 112 valence electrons. The number of methoxy groups -OCH3 is 1. The number of ether oxygens (including phenoxy) is 3. The third-order valence-electron chi connectivity index (χ3n) is 4.86. The lowest BCUT2D eigenvalue weighted by Crippen LogP contribution is -2.45. The average Bonchev–Trinajstić information content (AvgIpc) is 3.00. The first kappa shape index (κ1) is 14.6. The smallest absolute Gasteiger partial charge is 0.309 e. The zero-order chi connectivity index (χ0) is 14.4. The third-order valence-corrected chi connectivity index (χ3v) is 5.30. The molecule has 0 N–H and O–H groups in total. The van der Waals surface area contributed by atoms with Crippen LogP contribution >= 0.6 is 22.6 Å². The van der Waals surface area contributed by atoms with Gasteiger partial charge in [0.1, 0.15) is 6.10 Å². The van der Waals surface area contributed by atoms with E-state index in [4.69, 9.17) is 14.2 Å². The zero-order valence-electron chi connectivity index (χ0n) is 11.6. The van der Waals surface area contributed by atoms with Crippen molar-refractivity contribution in [2.45, 2.75) is 35.9 Å². The normalized spacial score (nSPS) is 43.2. The van der Waals surface area contributed by atoms with Crippen molar-refractivity contribution in [1.29, 1.82) is 0 Å². The summed E-state index contributed by atoms with van der Waals surface area (Å²) >= 11 is 2.21. The Balaban J connectivity index is 1.73. The van der Waals surface area contributed by atoms with Gasteiger partial charge in [0, 0.05) is 28.8 Å². The summed E-state index contributed by atoms with van der Waals surface area (Å²) in [5.41, 5.74) is 0. The highest BCUT2D eigenvalue weighted by molar-refractivity contribution is 14.1. The molecule has 0 amide bonds. The van der Waals surface area contributed by atoms with E-state index in [2.05, 4.69) is 22.6 Å². The standard InChI is InChI=1S/C14H19IO5/c1-6(15)3-10(16)20-13-7-4-8(12(13)18-2)11-9(7)5-19-14(11)17/h6-9,11-13H,3-5H2,1-2H3. The van der Waals surface area contributed by atoms with E-state index in [9.17, 15) is 9.59 Å². The molecule has 0 aromatic carbocycles. The topological polar surface area (TPSA) is 61.8 Å². The van der Waals surface area contributed by atoms with Crippen molar-refractivity contribution >= 4 is 34.5 Å². The average molecular weight is 394 g/mol. The number of fused-ring (bicyclic) bond motifs is 5. The van der Waals surface area contributed by atoms with Crippen molar-refractivity contribution in [3.63, 3.8) is 0 Å². The summed E-state index contributed by atoms with van der Waals surface area (Å²) in [6.07, 6.45) is 0.929. The van der Waals surface area contributed by atoms with Gasteiger partial charge in [-0.25, -0.2) is 0 Å². The molecule has 7 unspecified atom stereocenters. The number of alkyl halides is 1. The van der Waals surface area contributed by atoms with Crippen LogP contribution in [0.2, 0.25) is 0 Å². The quantitative estimate of drug-likeness (QED) is 0.412. The van der Waals surface area contributed by atoms with E-state index in [0.717, 1.165) is 6.42 Å². The molecule has 3 aliphatic rings. The zero-order valence-corrected chi connectivity index (χ0v) is 13.7. The van der Waals surface area contributed by atoms with Gasteiger partial charge >= 0.3 is 11.9 Å². The highest BCUT2D eigenvalue weighted by Crippen LogP contribution is 2.56. The van der Waals surface area contributed by atoms with Crippen LogP contribution in [0, 0.1) is 23.7 Å². The van der Waals surface area contributed by atoms with Crippen LogP contribution in [0.5, 0.6) is 0 Å². The molecule has 20 heavy (non-hydrogen) atoms. The number of carbonyl (C=O) groups excluding carboxylic acids is 2. The molecule has 1 aliphatic heterocycles. The van der Waals surface area contributed by atoms with Crippen molar-refractivity contribution in [2.75, 3.05) is 13.7 Å². The predicted molar refractivity (Wildman–Crippen MR) is 78.3 cm³/mol. The van der Waals surface area contributed by atoms with Gasteiger partial charge in [-0.3, -0.25) is 9.59 Å². The lowest BCUT2D eigenvalue weighted by Gasteiger charge is -2.34. The number of esters is 2. The van der Waals surface area contributed by atoms with E-state index in [1.54, 1.807) is 7.11 Å². The molecule has 3 fully saturated rings. The maximum Gasteiger partial charge on any atom is 0.309 e. The van der Waals surface area contributed by atoms with E-state index >= 15 is 0 Å². The number of cyclic esters (lactones) is 1. The first-order chi connectivity index (χ1) is 9.52.